The molecule has 0 saturated carbocycles. The Morgan fingerprint density at radius 1 is 1.14 bits per heavy atom. The van der Waals surface area contributed by atoms with Crippen LogP contribution in [-0.4, -0.2) is 44.4 Å². The molecule has 0 N–H and O–H groups in total. The van der Waals surface area contributed by atoms with Gasteiger partial charge in [0, 0.05) is 24.7 Å². The summed E-state index contributed by atoms with van der Waals surface area (Å²) in [5.74, 6) is 2.81. The van der Waals surface area contributed by atoms with Crippen LogP contribution >= 0.6 is 0 Å². The molecule has 0 aliphatic carbocycles. The van der Waals surface area contributed by atoms with Gasteiger partial charge >= 0.3 is 0 Å². The molecule has 4 heterocycles. The van der Waals surface area contributed by atoms with Gasteiger partial charge in [0.15, 0.2) is 11.5 Å². The van der Waals surface area contributed by atoms with Gasteiger partial charge < -0.3 is 9.47 Å². The smallest absolute Gasteiger partial charge is 0.252 e. The lowest BCUT2D eigenvalue weighted by molar-refractivity contribution is 0.173. The molecular weight excluding hydrogens is 354 g/mol. The van der Waals surface area contributed by atoms with Gasteiger partial charge in [-0.1, -0.05) is 19.9 Å². The van der Waals surface area contributed by atoms with E-state index >= 15 is 0 Å². The molecular formula is C21H27N5O2. The number of nitrogens with zero attached hydrogens (tertiary/aromatic N) is 5. The maximum absolute atomic E-state index is 5.50. The highest BCUT2D eigenvalue weighted by Gasteiger charge is 2.25. The molecule has 2 aliphatic rings. The van der Waals surface area contributed by atoms with Crippen molar-refractivity contribution in [3.63, 3.8) is 0 Å². The Labute approximate surface area is 165 Å². The van der Waals surface area contributed by atoms with Crippen LogP contribution < -0.4 is 9.47 Å². The zero-order valence-electron chi connectivity index (χ0n) is 16.8. The number of hydrogen-bond acceptors (Lipinski definition) is 6. The van der Waals surface area contributed by atoms with E-state index in [9.17, 15) is 0 Å². The summed E-state index contributed by atoms with van der Waals surface area (Å²) in [6.07, 6.45) is 3.92. The van der Waals surface area contributed by atoms with E-state index in [4.69, 9.17) is 9.47 Å². The zero-order chi connectivity index (χ0) is 19.5. The molecule has 1 atom stereocenters. The van der Waals surface area contributed by atoms with Crippen molar-refractivity contribution >= 4 is 5.78 Å². The summed E-state index contributed by atoms with van der Waals surface area (Å²) in [7, 11) is 0. The van der Waals surface area contributed by atoms with E-state index in [1.54, 1.807) is 6.33 Å². The Morgan fingerprint density at radius 3 is 2.89 bits per heavy atom. The fraction of sp³-hybridized carbons (Fsp3) is 0.476. The van der Waals surface area contributed by atoms with Crippen LogP contribution in [0.15, 0.2) is 30.6 Å². The first-order valence-electron chi connectivity index (χ1n) is 10.0. The van der Waals surface area contributed by atoms with Gasteiger partial charge in [0.25, 0.3) is 5.78 Å². The summed E-state index contributed by atoms with van der Waals surface area (Å²) < 4.78 is 12.8. The van der Waals surface area contributed by atoms with Gasteiger partial charge in [0.05, 0.1) is 5.69 Å². The highest BCUT2D eigenvalue weighted by atomic mass is 16.7. The van der Waals surface area contributed by atoms with Gasteiger partial charge in [-0.3, -0.25) is 4.90 Å². The molecule has 28 heavy (non-hydrogen) atoms. The van der Waals surface area contributed by atoms with E-state index in [0.717, 1.165) is 43.2 Å². The molecule has 1 fully saturated rings. The van der Waals surface area contributed by atoms with E-state index in [-0.39, 0.29) is 0 Å². The number of fused-ring (bicyclic) bond motifs is 2. The van der Waals surface area contributed by atoms with Crippen LogP contribution in [0, 0.1) is 6.92 Å². The lowest BCUT2D eigenvalue weighted by atomic mass is 9.93. The van der Waals surface area contributed by atoms with Crippen molar-refractivity contribution in [1.29, 1.82) is 0 Å². The van der Waals surface area contributed by atoms with Crippen LogP contribution in [0.4, 0.5) is 0 Å². The SMILES string of the molecule is CC.Cc1cc(C2CCCN(Cc3ccc4c(c3)OCO4)C2)n2ncnc2n1. The molecule has 0 spiro atoms. The third-order valence-electron chi connectivity index (χ3n) is 5.17. The summed E-state index contributed by atoms with van der Waals surface area (Å²) in [6.45, 7) is 9.37. The summed E-state index contributed by atoms with van der Waals surface area (Å²) in [6, 6.07) is 8.38. The topological polar surface area (TPSA) is 64.8 Å². The molecule has 1 saturated heterocycles. The summed E-state index contributed by atoms with van der Waals surface area (Å²) in [4.78, 5) is 11.2. The Bertz CT molecular complexity index is 955. The third kappa shape index (κ3) is 3.67. The first-order valence-corrected chi connectivity index (χ1v) is 10.0. The second kappa shape index (κ2) is 8.14. The van der Waals surface area contributed by atoms with Gasteiger partial charge in [0.1, 0.15) is 6.33 Å². The van der Waals surface area contributed by atoms with Gasteiger partial charge in [-0.25, -0.2) is 9.50 Å². The molecule has 3 aromatic rings. The standard InChI is InChI=1S/C19H21N5O2.C2H6/c1-13-7-16(24-19(22-13)20-11-21-24)15-3-2-6-23(10-15)9-14-4-5-17-18(8-14)26-12-25-17;1-2/h4-5,7-8,11,15H,2-3,6,9-10,12H2,1H3;1-2H3. The normalized spacial score (nSPS) is 18.8. The molecule has 2 aromatic heterocycles. The first-order chi connectivity index (χ1) is 13.8. The van der Waals surface area contributed by atoms with Crippen LogP contribution in [0.3, 0.4) is 0 Å². The van der Waals surface area contributed by atoms with E-state index < -0.39 is 0 Å². The number of piperidine rings is 1. The minimum Gasteiger partial charge on any atom is -0.454 e. The predicted octanol–water partition coefficient (Wildman–Crippen LogP) is 3.57. The third-order valence-corrected chi connectivity index (χ3v) is 5.17. The lowest BCUT2D eigenvalue weighted by Gasteiger charge is -2.33. The van der Waals surface area contributed by atoms with Gasteiger partial charge in [0.2, 0.25) is 6.79 Å². The molecule has 0 radical (unpaired) electrons. The first kappa shape index (κ1) is 18.7. The maximum atomic E-state index is 5.50. The zero-order valence-corrected chi connectivity index (χ0v) is 16.8. The van der Waals surface area contributed by atoms with Gasteiger partial charge in [-0.15, -0.1) is 0 Å². The van der Waals surface area contributed by atoms with Crippen LogP contribution in [0.25, 0.3) is 5.78 Å². The van der Waals surface area contributed by atoms with Crippen molar-refractivity contribution in [1.82, 2.24) is 24.5 Å². The molecule has 2 aliphatic heterocycles. The fourth-order valence-electron chi connectivity index (χ4n) is 3.99. The minimum atomic E-state index is 0.319. The van der Waals surface area contributed by atoms with Crippen LogP contribution in [0.5, 0.6) is 11.5 Å². The van der Waals surface area contributed by atoms with Crippen LogP contribution in [-0.2, 0) is 6.54 Å². The number of likely N-dealkylation sites (tertiary alicyclic amines) is 1. The van der Waals surface area contributed by atoms with Crippen LogP contribution in [0.2, 0.25) is 0 Å². The van der Waals surface area contributed by atoms with E-state index in [1.807, 2.05) is 31.4 Å². The quantitative estimate of drug-likeness (QED) is 0.691. The van der Waals surface area contributed by atoms with Gasteiger partial charge in [-0.2, -0.15) is 10.1 Å². The Hall–Kier alpha value is -2.67. The molecule has 1 unspecified atom stereocenters. The molecule has 7 heteroatoms. The second-order valence-electron chi connectivity index (χ2n) is 7.06. The molecule has 7 nitrogen and oxygen atoms in total. The molecule has 1 aromatic carbocycles. The fourth-order valence-corrected chi connectivity index (χ4v) is 3.99. The van der Waals surface area contributed by atoms with Crippen molar-refractivity contribution in [3.05, 3.63) is 47.5 Å². The number of benzene rings is 1. The van der Waals surface area contributed by atoms with E-state index in [2.05, 4.69) is 38.2 Å². The number of rotatable bonds is 3. The second-order valence-corrected chi connectivity index (χ2v) is 7.06. The van der Waals surface area contributed by atoms with Crippen molar-refractivity contribution in [2.45, 2.75) is 46.1 Å². The Morgan fingerprint density at radius 2 is 2.00 bits per heavy atom. The predicted molar refractivity (Wildman–Crippen MR) is 107 cm³/mol. The highest BCUT2D eigenvalue weighted by Crippen LogP contribution is 2.34. The Kier molecular flexibility index (Phi) is 5.43. The minimum absolute atomic E-state index is 0.319. The highest BCUT2D eigenvalue weighted by molar-refractivity contribution is 5.44. The van der Waals surface area contributed by atoms with Crippen molar-refractivity contribution in [2.75, 3.05) is 19.9 Å². The molecule has 5 rings (SSSR count). The number of aryl methyl sites for hydroxylation is 1. The monoisotopic (exact) mass is 381 g/mol. The average Bonchev–Trinajstić information content (AvgIpc) is 3.38. The summed E-state index contributed by atoms with van der Waals surface area (Å²) in [5, 5.41) is 4.38. The van der Waals surface area contributed by atoms with Crippen molar-refractivity contribution < 1.29 is 9.47 Å². The summed E-state index contributed by atoms with van der Waals surface area (Å²) >= 11 is 0. The Balaban J connectivity index is 0.000000932. The largest absolute Gasteiger partial charge is 0.454 e. The maximum Gasteiger partial charge on any atom is 0.252 e. The van der Waals surface area contributed by atoms with Gasteiger partial charge in [-0.05, 0) is 50.1 Å². The van der Waals surface area contributed by atoms with Crippen LogP contribution in [0.1, 0.15) is 49.6 Å². The van der Waals surface area contributed by atoms with E-state index in [0.29, 0.717) is 18.5 Å². The number of hydrogen-bond donors (Lipinski definition) is 0. The molecule has 0 amide bonds. The summed E-state index contributed by atoms with van der Waals surface area (Å²) in [5.41, 5.74) is 3.46. The molecule has 0 bridgehead atoms. The number of ether oxygens (including phenoxy) is 2. The number of aromatic nitrogens is 4. The lowest BCUT2D eigenvalue weighted by Crippen LogP contribution is -2.34. The average molecular weight is 381 g/mol. The van der Waals surface area contributed by atoms with Crippen molar-refractivity contribution in [3.8, 4) is 11.5 Å². The molecule has 148 valence electrons. The van der Waals surface area contributed by atoms with Crippen molar-refractivity contribution in [2.24, 2.45) is 0 Å². The van der Waals surface area contributed by atoms with E-state index in [1.165, 1.54) is 17.7 Å².